The van der Waals surface area contributed by atoms with E-state index in [2.05, 4.69) is 9.37 Å². The van der Waals surface area contributed by atoms with Crippen LogP contribution in [0.1, 0.15) is 5.56 Å². The van der Waals surface area contributed by atoms with E-state index in [-0.39, 0.29) is 12.0 Å². The van der Waals surface area contributed by atoms with Crippen molar-refractivity contribution in [1.29, 1.82) is 0 Å². The molecule has 0 saturated carbocycles. The number of rotatable bonds is 5. The van der Waals surface area contributed by atoms with E-state index in [1.165, 1.54) is 0 Å². The lowest BCUT2D eigenvalue weighted by molar-refractivity contribution is -0.433. The molecule has 0 bridgehead atoms. The molecule has 0 aliphatic carbocycles. The molecule has 0 saturated heterocycles. The zero-order valence-corrected chi connectivity index (χ0v) is 12.1. The summed E-state index contributed by atoms with van der Waals surface area (Å²) in [6.45, 7) is 0. The fourth-order valence-electron chi connectivity index (χ4n) is 2.50. The third-order valence-electron chi connectivity index (χ3n) is 3.42. The van der Waals surface area contributed by atoms with E-state index >= 15 is 0 Å². The highest BCUT2D eigenvalue weighted by Crippen LogP contribution is 2.36. The molecule has 3 aromatic carbocycles. The second kappa shape index (κ2) is 6.18. The molecule has 3 nitrogen and oxygen atoms in total. The van der Waals surface area contributed by atoms with Crippen molar-refractivity contribution in [3.8, 4) is 0 Å². The maximum atomic E-state index is 13.8. The first kappa shape index (κ1) is 15.2. The van der Waals surface area contributed by atoms with E-state index in [1.54, 1.807) is 12.1 Å². The molecule has 0 spiro atoms. The van der Waals surface area contributed by atoms with Gasteiger partial charge in [0.05, 0.1) is 0 Å². The van der Waals surface area contributed by atoms with Crippen LogP contribution in [-0.2, 0) is 15.8 Å². The minimum atomic E-state index is -3.22. The van der Waals surface area contributed by atoms with Gasteiger partial charge in [-0.25, -0.2) is 5.26 Å². The van der Waals surface area contributed by atoms with Crippen LogP contribution in [0.5, 0.6) is 0 Å². The highest BCUT2D eigenvalue weighted by Gasteiger charge is 2.33. The van der Waals surface area contributed by atoms with Gasteiger partial charge in [-0.05, 0) is 39.2 Å². The van der Waals surface area contributed by atoms with Crippen molar-refractivity contribution in [3.05, 3.63) is 60.2 Å². The van der Waals surface area contributed by atoms with Crippen molar-refractivity contribution >= 4 is 33.6 Å². The zero-order chi connectivity index (χ0) is 15.6. The summed E-state index contributed by atoms with van der Waals surface area (Å²) in [6, 6.07) is 17.0. The highest BCUT2D eigenvalue weighted by molar-refractivity contribution is 7.95. The summed E-state index contributed by atoms with van der Waals surface area (Å²) in [5, 5.41) is 11.8. The fraction of sp³-hybridized carbons (Fsp3) is 0.125. The molecule has 0 heterocycles. The normalized spacial score (nSPS) is 12.1. The summed E-state index contributed by atoms with van der Waals surface area (Å²) in [7, 11) is 0. The van der Waals surface area contributed by atoms with E-state index in [0.29, 0.717) is 5.56 Å². The molecule has 114 valence electrons. The summed E-state index contributed by atoms with van der Waals surface area (Å²) >= 11 is -0.220. The van der Waals surface area contributed by atoms with E-state index in [9.17, 15) is 8.78 Å². The van der Waals surface area contributed by atoms with E-state index in [1.807, 2.05) is 42.5 Å². The van der Waals surface area contributed by atoms with Gasteiger partial charge in [0.25, 0.3) is 0 Å². The fourth-order valence-corrected chi connectivity index (χ4v) is 2.85. The van der Waals surface area contributed by atoms with E-state index in [0.717, 1.165) is 21.5 Å². The van der Waals surface area contributed by atoms with Gasteiger partial charge in [-0.3, -0.25) is 0 Å². The number of benzene rings is 3. The maximum Gasteiger partial charge on any atom is 0.324 e. The zero-order valence-electron chi connectivity index (χ0n) is 11.3. The van der Waals surface area contributed by atoms with Crippen LogP contribution in [0.2, 0.25) is 0 Å². The summed E-state index contributed by atoms with van der Waals surface area (Å²) in [4.78, 5) is 0. The van der Waals surface area contributed by atoms with Crippen LogP contribution in [0.25, 0.3) is 21.5 Å². The summed E-state index contributed by atoms with van der Waals surface area (Å²) in [6.07, 6.45) is -0.531. The lowest BCUT2D eigenvalue weighted by Crippen LogP contribution is -2.15. The minimum Gasteiger partial charge on any atom is -0.220 e. The smallest absolute Gasteiger partial charge is 0.220 e. The Morgan fingerprint density at radius 3 is 2.36 bits per heavy atom. The van der Waals surface area contributed by atoms with Gasteiger partial charge in [0.1, 0.15) is 12.0 Å². The van der Waals surface area contributed by atoms with Crippen molar-refractivity contribution < 1.29 is 23.4 Å². The third kappa shape index (κ3) is 3.20. The molecule has 0 unspecified atom stereocenters. The van der Waals surface area contributed by atoms with Gasteiger partial charge in [0.2, 0.25) is 0 Å². The van der Waals surface area contributed by atoms with Crippen LogP contribution >= 0.6 is 12.0 Å². The van der Waals surface area contributed by atoms with Crippen LogP contribution in [-0.4, -0.2) is 10.5 Å². The van der Waals surface area contributed by atoms with Crippen molar-refractivity contribution in [2.45, 2.75) is 11.7 Å². The first-order chi connectivity index (χ1) is 10.6. The Morgan fingerprint density at radius 2 is 1.64 bits per heavy atom. The molecule has 22 heavy (non-hydrogen) atoms. The first-order valence-electron chi connectivity index (χ1n) is 6.53. The predicted molar refractivity (Wildman–Crippen MR) is 82.5 cm³/mol. The molecule has 3 aromatic rings. The number of hydrogen-bond donors (Lipinski definition) is 1. The minimum absolute atomic E-state index is 0.220. The maximum absolute atomic E-state index is 13.8. The Morgan fingerprint density at radius 1 is 0.955 bits per heavy atom. The van der Waals surface area contributed by atoms with Gasteiger partial charge in [-0.2, -0.15) is 8.78 Å². The molecule has 0 amide bonds. The topological polar surface area (TPSA) is 38.7 Å². The summed E-state index contributed by atoms with van der Waals surface area (Å²) in [5.74, 6) is 0. The van der Waals surface area contributed by atoms with Crippen molar-refractivity contribution in [2.75, 3.05) is 0 Å². The summed E-state index contributed by atoms with van der Waals surface area (Å²) in [5.41, 5.74) is 0.502. The van der Waals surface area contributed by atoms with Crippen LogP contribution in [0.4, 0.5) is 8.78 Å². The van der Waals surface area contributed by atoms with Gasteiger partial charge in [0.15, 0.2) is 0 Å². The largest absolute Gasteiger partial charge is 0.324 e. The number of hydrogen-bond acceptors (Lipinski definition) is 4. The number of fused-ring (bicyclic) bond motifs is 2. The molecule has 6 heteroatoms. The van der Waals surface area contributed by atoms with Gasteiger partial charge in [-0.15, -0.1) is 4.33 Å². The van der Waals surface area contributed by atoms with Gasteiger partial charge < -0.3 is 0 Å². The lowest BCUT2D eigenvalue weighted by atomic mass is 9.98. The standard InChI is InChI=1S/C16H12F2O3S/c17-16(18,22-21-20-19)10-14-7-3-6-13-8-11-4-1-2-5-12(11)9-15(13)14/h1-9,19H,10H2. The highest BCUT2D eigenvalue weighted by atomic mass is 32.2. The average Bonchev–Trinajstić information content (AvgIpc) is 2.51. The second-order valence-corrected chi connectivity index (χ2v) is 5.78. The molecule has 0 atom stereocenters. The van der Waals surface area contributed by atoms with Crippen LogP contribution in [0, 0.1) is 0 Å². The van der Waals surface area contributed by atoms with Crippen molar-refractivity contribution in [1.82, 2.24) is 0 Å². The molecule has 0 aromatic heterocycles. The van der Waals surface area contributed by atoms with Gasteiger partial charge in [-0.1, -0.05) is 47.5 Å². The molecule has 0 aliphatic rings. The molecular formula is C16H12F2O3S. The van der Waals surface area contributed by atoms with E-state index in [4.69, 9.17) is 5.26 Å². The predicted octanol–water partition coefficient (Wildman–Crippen LogP) is 5.20. The SMILES string of the molecule is OOOSC(F)(F)Cc1cccc2cc3ccccc3cc12. The second-order valence-electron chi connectivity index (χ2n) is 4.88. The molecule has 0 aliphatic heterocycles. The Balaban J connectivity index is 2.04. The summed E-state index contributed by atoms with van der Waals surface area (Å²) < 4.78 is 31.4. The Kier molecular flexibility index (Phi) is 4.26. The third-order valence-corrected chi connectivity index (χ3v) is 3.94. The van der Waals surface area contributed by atoms with Crippen molar-refractivity contribution in [3.63, 3.8) is 0 Å². The number of halogens is 2. The molecule has 1 N–H and O–H groups in total. The van der Waals surface area contributed by atoms with Gasteiger partial charge >= 0.3 is 5.25 Å². The van der Waals surface area contributed by atoms with Crippen LogP contribution < -0.4 is 0 Å². The Bertz CT molecular complexity index is 808. The Hall–Kier alpha value is -1.73. The average molecular weight is 322 g/mol. The van der Waals surface area contributed by atoms with Crippen LogP contribution in [0.15, 0.2) is 54.6 Å². The van der Waals surface area contributed by atoms with Gasteiger partial charge in [0, 0.05) is 6.42 Å². The molecule has 0 fully saturated rings. The van der Waals surface area contributed by atoms with Crippen LogP contribution in [0.3, 0.4) is 0 Å². The monoisotopic (exact) mass is 322 g/mol. The Labute approximate surface area is 129 Å². The van der Waals surface area contributed by atoms with Crippen molar-refractivity contribution in [2.24, 2.45) is 0 Å². The molecule has 0 radical (unpaired) electrons. The molecule has 3 rings (SSSR count). The lowest BCUT2D eigenvalue weighted by Gasteiger charge is -2.15. The molecular weight excluding hydrogens is 310 g/mol. The van der Waals surface area contributed by atoms with E-state index < -0.39 is 11.7 Å². The number of alkyl halides is 2. The quantitative estimate of drug-likeness (QED) is 0.303. The first-order valence-corrected chi connectivity index (χ1v) is 7.27.